The number of hydrogen-bond donors (Lipinski definition) is 1. The van der Waals surface area contributed by atoms with Crippen LogP contribution in [-0.4, -0.2) is 23.7 Å². The quantitative estimate of drug-likeness (QED) is 0.502. The van der Waals surface area contributed by atoms with Crippen molar-refractivity contribution in [2.24, 2.45) is 0 Å². The first-order valence-corrected chi connectivity index (χ1v) is 4.14. The van der Waals surface area contributed by atoms with Crippen LogP contribution in [-0.2, 0) is 14.3 Å². The van der Waals surface area contributed by atoms with Crippen molar-refractivity contribution in [1.29, 1.82) is 0 Å². The smallest absolute Gasteiger partial charge is 0.330 e. The van der Waals surface area contributed by atoms with Gasteiger partial charge in [0, 0.05) is 12.0 Å². The second-order valence-electron chi connectivity index (χ2n) is 2.63. The van der Waals surface area contributed by atoms with E-state index in [1.54, 1.807) is 0 Å². The van der Waals surface area contributed by atoms with Crippen LogP contribution in [0.2, 0.25) is 0 Å². The predicted octanol–water partition coefficient (Wildman–Crippen LogP) is 1.36. The van der Waals surface area contributed by atoms with Crippen molar-refractivity contribution in [3.8, 4) is 0 Å². The van der Waals surface area contributed by atoms with Crippen LogP contribution in [0.1, 0.15) is 26.2 Å². The molecule has 0 aromatic carbocycles. The molecule has 0 radical (unpaired) electrons. The molecule has 0 aliphatic rings. The van der Waals surface area contributed by atoms with Crippen molar-refractivity contribution >= 4 is 11.9 Å². The summed E-state index contributed by atoms with van der Waals surface area (Å²) in [6.45, 7) is 5.58. The largest absolute Gasteiger partial charge is 0.478 e. The summed E-state index contributed by atoms with van der Waals surface area (Å²) in [5.41, 5.74) is 0.0356. The molecule has 4 nitrogen and oxygen atoms in total. The molecule has 0 unspecified atom stereocenters. The minimum Gasteiger partial charge on any atom is -0.478 e. The van der Waals surface area contributed by atoms with Gasteiger partial charge in [-0.2, -0.15) is 0 Å². The Morgan fingerprint density at radius 1 is 1.38 bits per heavy atom. The standard InChI is InChI=1S/C9H14O4/c1-3-6-13-8(10)5-4-7(2)9(11)12/h2-6H2,1H3,(H,11,12). The maximum atomic E-state index is 10.9. The molecule has 0 bridgehead atoms. The molecular weight excluding hydrogens is 172 g/mol. The van der Waals surface area contributed by atoms with Gasteiger partial charge in [-0.05, 0) is 12.8 Å². The molecule has 74 valence electrons. The van der Waals surface area contributed by atoms with E-state index in [4.69, 9.17) is 9.84 Å². The maximum Gasteiger partial charge on any atom is 0.330 e. The third-order valence-electron chi connectivity index (χ3n) is 1.40. The van der Waals surface area contributed by atoms with Gasteiger partial charge in [-0.3, -0.25) is 4.79 Å². The monoisotopic (exact) mass is 186 g/mol. The molecule has 0 saturated heterocycles. The van der Waals surface area contributed by atoms with Gasteiger partial charge in [0.05, 0.1) is 6.61 Å². The Hall–Kier alpha value is -1.32. The zero-order valence-corrected chi connectivity index (χ0v) is 7.71. The maximum absolute atomic E-state index is 10.9. The molecule has 0 heterocycles. The van der Waals surface area contributed by atoms with E-state index < -0.39 is 5.97 Å². The molecule has 0 aliphatic carbocycles. The lowest BCUT2D eigenvalue weighted by molar-refractivity contribution is -0.143. The summed E-state index contributed by atoms with van der Waals surface area (Å²) in [6.07, 6.45) is 1.01. The molecule has 0 aromatic heterocycles. The molecule has 0 aromatic rings. The second kappa shape index (κ2) is 6.22. The number of hydrogen-bond acceptors (Lipinski definition) is 3. The van der Waals surface area contributed by atoms with Crippen LogP contribution in [0, 0.1) is 0 Å². The number of aliphatic carboxylic acids is 1. The lowest BCUT2D eigenvalue weighted by Gasteiger charge is -2.02. The number of carbonyl (C=O) groups excluding carboxylic acids is 1. The van der Waals surface area contributed by atoms with Crippen LogP contribution in [0.4, 0.5) is 0 Å². The molecule has 0 fully saturated rings. The van der Waals surface area contributed by atoms with Crippen molar-refractivity contribution in [2.45, 2.75) is 26.2 Å². The average Bonchev–Trinajstić information content (AvgIpc) is 2.10. The number of rotatable bonds is 6. The number of esters is 1. The SMILES string of the molecule is C=C(CCC(=O)OCCC)C(=O)O. The van der Waals surface area contributed by atoms with E-state index in [9.17, 15) is 9.59 Å². The number of carboxylic acid groups (broad SMARTS) is 1. The molecule has 0 amide bonds. The van der Waals surface area contributed by atoms with Crippen molar-refractivity contribution in [3.63, 3.8) is 0 Å². The first-order valence-electron chi connectivity index (χ1n) is 4.14. The van der Waals surface area contributed by atoms with Crippen LogP contribution in [0.25, 0.3) is 0 Å². The molecule has 1 N–H and O–H groups in total. The third kappa shape index (κ3) is 5.90. The summed E-state index contributed by atoms with van der Waals surface area (Å²) < 4.78 is 4.75. The van der Waals surface area contributed by atoms with Crippen LogP contribution in [0.15, 0.2) is 12.2 Å². The molecule has 4 heteroatoms. The summed E-state index contributed by atoms with van der Waals surface area (Å²) in [5.74, 6) is -1.44. The van der Waals surface area contributed by atoms with Crippen molar-refractivity contribution in [2.75, 3.05) is 6.61 Å². The van der Waals surface area contributed by atoms with Crippen LogP contribution in [0.3, 0.4) is 0 Å². The predicted molar refractivity (Wildman–Crippen MR) is 47.3 cm³/mol. The Kier molecular flexibility index (Phi) is 5.59. The second-order valence-corrected chi connectivity index (χ2v) is 2.63. The van der Waals surface area contributed by atoms with E-state index in [-0.39, 0.29) is 24.4 Å². The molecular formula is C9H14O4. The lowest BCUT2D eigenvalue weighted by Crippen LogP contribution is -2.07. The summed E-state index contributed by atoms with van der Waals surface area (Å²) in [6, 6.07) is 0. The first-order chi connectivity index (χ1) is 6.07. The van der Waals surface area contributed by atoms with Crippen LogP contribution in [0.5, 0.6) is 0 Å². The number of carboxylic acids is 1. The minimum absolute atomic E-state index is 0.0356. The highest BCUT2D eigenvalue weighted by Crippen LogP contribution is 2.03. The van der Waals surface area contributed by atoms with Crippen LogP contribution < -0.4 is 0 Å². The third-order valence-corrected chi connectivity index (χ3v) is 1.40. The van der Waals surface area contributed by atoms with Gasteiger partial charge < -0.3 is 9.84 Å². The number of ether oxygens (including phenoxy) is 1. The van der Waals surface area contributed by atoms with Crippen LogP contribution >= 0.6 is 0 Å². The molecule has 0 aliphatic heterocycles. The summed E-state index contributed by atoms with van der Waals surface area (Å²) in [4.78, 5) is 21.1. The topological polar surface area (TPSA) is 63.6 Å². The zero-order chi connectivity index (χ0) is 10.3. The van der Waals surface area contributed by atoms with Crippen molar-refractivity contribution in [3.05, 3.63) is 12.2 Å². The van der Waals surface area contributed by atoms with Gasteiger partial charge in [-0.1, -0.05) is 13.5 Å². The Balaban J connectivity index is 3.58. The summed E-state index contributed by atoms with van der Waals surface area (Å²) in [5, 5.41) is 8.42. The normalized spacial score (nSPS) is 9.31. The van der Waals surface area contributed by atoms with Gasteiger partial charge in [-0.15, -0.1) is 0 Å². The van der Waals surface area contributed by atoms with E-state index in [0.717, 1.165) is 6.42 Å². The summed E-state index contributed by atoms with van der Waals surface area (Å²) >= 11 is 0. The Labute approximate surface area is 77.2 Å². The van der Waals surface area contributed by atoms with E-state index in [1.807, 2.05) is 6.92 Å². The highest BCUT2D eigenvalue weighted by molar-refractivity contribution is 5.86. The molecule has 0 atom stereocenters. The Bertz CT molecular complexity index is 208. The zero-order valence-electron chi connectivity index (χ0n) is 7.71. The fraction of sp³-hybridized carbons (Fsp3) is 0.556. The fourth-order valence-corrected chi connectivity index (χ4v) is 0.648. The lowest BCUT2D eigenvalue weighted by atomic mass is 10.2. The average molecular weight is 186 g/mol. The Morgan fingerprint density at radius 2 is 2.00 bits per heavy atom. The van der Waals surface area contributed by atoms with Gasteiger partial charge in [-0.25, -0.2) is 4.79 Å². The van der Waals surface area contributed by atoms with E-state index in [0.29, 0.717) is 6.61 Å². The number of carbonyl (C=O) groups is 2. The fourth-order valence-electron chi connectivity index (χ4n) is 0.648. The van der Waals surface area contributed by atoms with E-state index >= 15 is 0 Å². The van der Waals surface area contributed by atoms with Gasteiger partial charge in [0.1, 0.15) is 0 Å². The van der Waals surface area contributed by atoms with Crippen molar-refractivity contribution in [1.82, 2.24) is 0 Å². The molecule has 0 rings (SSSR count). The van der Waals surface area contributed by atoms with Gasteiger partial charge in [0.25, 0.3) is 0 Å². The summed E-state index contributed by atoms with van der Waals surface area (Å²) in [7, 11) is 0. The Morgan fingerprint density at radius 3 is 2.46 bits per heavy atom. The van der Waals surface area contributed by atoms with Gasteiger partial charge in [0.15, 0.2) is 0 Å². The molecule has 13 heavy (non-hydrogen) atoms. The first kappa shape index (κ1) is 11.7. The van der Waals surface area contributed by atoms with Crippen molar-refractivity contribution < 1.29 is 19.4 Å². The minimum atomic E-state index is -1.07. The molecule has 0 saturated carbocycles. The van der Waals surface area contributed by atoms with Gasteiger partial charge in [0.2, 0.25) is 0 Å². The van der Waals surface area contributed by atoms with Gasteiger partial charge >= 0.3 is 11.9 Å². The highest BCUT2D eigenvalue weighted by atomic mass is 16.5. The van der Waals surface area contributed by atoms with E-state index in [1.165, 1.54) is 0 Å². The highest BCUT2D eigenvalue weighted by Gasteiger charge is 2.07. The van der Waals surface area contributed by atoms with E-state index in [2.05, 4.69) is 6.58 Å². The molecule has 0 spiro atoms.